The van der Waals surface area contributed by atoms with Crippen LogP contribution in [0.25, 0.3) is 0 Å². The Morgan fingerprint density at radius 2 is 1.53 bits per heavy atom. The van der Waals surface area contributed by atoms with E-state index in [2.05, 4.69) is 68.9 Å². The first-order valence-electron chi connectivity index (χ1n) is 19.8. The highest BCUT2D eigenvalue weighted by Crippen LogP contribution is 2.45. The van der Waals surface area contributed by atoms with Gasteiger partial charge in [-0.25, -0.2) is 0 Å². The average molecular weight is 727 g/mol. The van der Waals surface area contributed by atoms with Crippen molar-refractivity contribution in [2.75, 3.05) is 0 Å². The van der Waals surface area contributed by atoms with E-state index in [1.54, 1.807) is 0 Å². The molecule has 286 valence electrons. The van der Waals surface area contributed by atoms with Crippen molar-refractivity contribution in [1.82, 2.24) is 0 Å². The normalized spacial score (nSPS) is 32.7. The largest absolute Gasteiger partial charge is 0.457 e. The van der Waals surface area contributed by atoms with Gasteiger partial charge in [-0.1, -0.05) is 48.1 Å². The number of aliphatic hydroxyl groups is 2. The number of carbonyl (C=O) groups is 1. The van der Waals surface area contributed by atoms with Crippen LogP contribution in [0.1, 0.15) is 140 Å². The summed E-state index contributed by atoms with van der Waals surface area (Å²) in [6, 6.07) is 6.52. The molecule has 0 radical (unpaired) electrons. The zero-order valence-electron chi connectivity index (χ0n) is 33.3. The van der Waals surface area contributed by atoms with Gasteiger partial charge in [0.25, 0.3) is 0 Å². The Hall–Kier alpha value is -0.596. The maximum absolute atomic E-state index is 11.9. The van der Waals surface area contributed by atoms with E-state index in [0.717, 1.165) is 61.1 Å². The quantitative estimate of drug-likeness (QED) is 0.0728. The lowest BCUT2D eigenvalue weighted by atomic mass is 9.81. The molecule has 0 bridgehead atoms. The lowest BCUT2D eigenvalue weighted by molar-refractivity contribution is -0.218. The highest BCUT2D eigenvalue weighted by atomic mass is 28.4. The van der Waals surface area contributed by atoms with Gasteiger partial charge in [-0.15, -0.1) is 0 Å². The molecule has 0 spiro atoms. The van der Waals surface area contributed by atoms with Crippen LogP contribution in [0, 0.1) is 0 Å². The van der Waals surface area contributed by atoms with Gasteiger partial charge in [0.2, 0.25) is 0 Å². The molecule has 0 saturated carbocycles. The molecule has 3 aliphatic rings. The minimum absolute atomic E-state index is 0.00279. The summed E-state index contributed by atoms with van der Waals surface area (Å²) in [5, 5.41) is 22.5. The van der Waals surface area contributed by atoms with Crippen molar-refractivity contribution in [1.29, 1.82) is 0 Å². The third kappa shape index (κ3) is 10.1. The molecule has 3 saturated heterocycles. The average Bonchev–Trinajstić information content (AvgIpc) is 3.66. The van der Waals surface area contributed by atoms with Gasteiger partial charge in [-0.3, -0.25) is 4.79 Å². The lowest BCUT2D eigenvalue weighted by Crippen LogP contribution is -2.54. The van der Waals surface area contributed by atoms with Crippen LogP contribution in [0.5, 0.6) is 0 Å². The van der Waals surface area contributed by atoms with E-state index in [1.165, 1.54) is 0 Å². The number of hydrogen-bond donors (Lipinski definition) is 2. The van der Waals surface area contributed by atoms with Crippen molar-refractivity contribution >= 4 is 22.6 Å². The van der Waals surface area contributed by atoms with Crippen LogP contribution >= 0.6 is 0 Å². The Bertz CT molecular complexity index is 1070. The number of hydrogen-bond acceptors (Lipinski definition) is 8. The number of carbonyl (C=O) groups excluding carboxylic acids is 1. The Kier molecular flexibility index (Phi) is 14.9. The smallest absolute Gasteiger partial charge is 0.306 e. The van der Waals surface area contributed by atoms with E-state index < -0.39 is 45.6 Å². The van der Waals surface area contributed by atoms with Crippen molar-refractivity contribution in [2.45, 2.75) is 230 Å². The molecule has 49 heavy (non-hydrogen) atoms. The van der Waals surface area contributed by atoms with Crippen LogP contribution in [0.15, 0.2) is 12.2 Å². The Balaban J connectivity index is 1.69. The van der Waals surface area contributed by atoms with Crippen molar-refractivity contribution in [2.24, 2.45) is 0 Å². The molecule has 3 heterocycles. The summed E-state index contributed by atoms with van der Waals surface area (Å²) in [6.07, 6.45) is 4.79. The molecule has 0 aliphatic carbocycles. The fraction of sp³-hybridized carbons (Fsp3) is 0.923. The van der Waals surface area contributed by atoms with E-state index in [-0.39, 0.29) is 29.9 Å². The Morgan fingerprint density at radius 3 is 2.06 bits per heavy atom. The molecule has 0 aromatic rings. The molecular weight excluding hydrogens is 653 g/mol. The minimum Gasteiger partial charge on any atom is -0.457 e. The van der Waals surface area contributed by atoms with E-state index >= 15 is 0 Å². The zero-order chi connectivity index (χ0) is 36.9. The first-order chi connectivity index (χ1) is 22.8. The van der Waals surface area contributed by atoms with Crippen molar-refractivity contribution in [3.63, 3.8) is 0 Å². The van der Waals surface area contributed by atoms with Gasteiger partial charge in [-0.05, 0) is 134 Å². The summed E-state index contributed by atoms with van der Waals surface area (Å²) in [4.78, 5) is 11.9. The lowest BCUT2D eigenvalue weighted by Gasteiger charge is -2.45. The van der Waals surface area contributed by atoms with Gasteiger partial charge in [0.15, 0.2) is 16.6 Å². The molecule has 2 N–H and O–H groups in total. The van der Waals surface area contributed by atoms with Crippen molar-refractivity contribution < 1.29 is 38.1 Å². The second kappa shape index (κ2) is 17.0. The van der Waals surface area contributed by atoms with E-state index in [0.29, 0.717) is 44.9 Å². The summed E-state index contributed by atoms with van der Waals surface area (Å²) in [5.74, 6) is -0.191. The molecule has 8 nitrogen and oxygen atoms in total. The van der Waals surface area contributed by atoms with E-state index in [9.17, 15) is 15.0 Å². The third-order valence-electron chi connectivity index (χ3n) is 13.2. The van der Waals surface area contributed by atoms with Gasteiger partial charge in [0.1, 0.15) is 5.60 Å². The van der Waals surface area contributed by atoms with Crippen LogP contribution in [-0.2, 0) is 27.9 Å². The predicted octanol–water partition coefficient (Wildman–Crippen LogP) is 8.99. The maximum Gasteiger partial charge on any atom is 0.306 e. The fourth-order valence-corrected chi connectivity index (χ4v) is 14.9. The van der Waals surface area contributed by atoms with Crippen molar-refractivity contribution in [3.05, 3.63) is 12.2 Å². The zero-order valence-corrected chi connectivity index (χ0v) is 35.3. The van der Waals surface area contributed by atoms with Crippen molar-refractivity contribution in [3.8, 4) is 0 Å². The van der Waals surface area contributed by atoms with E-state index in [1.807, 2.05) is 13.8 Å². The molecule has 8 atom stereocenters. The van der Waals surface area contributed by atoms with Crippen LogP contribution in [0.3, 0.4) is 0 Å². The summed E-state index contributed by atoms with van der Waals surface area (Å²) in [6.45, 7) is 28.4. The van der Waals surface area contributed by atoms with Crippen LogP contribution in [-0.4, -0.2) is 85.7 Å². The monoisotopic (exact) mass is 726 g/mol. The van der Waals surface area contributed by atoms with Crippen LogP contribution < -0.4 is 0 Å². The summed E-state index contributed by atoms with van der Waals surface area (Å²) < 4.78 is 33.5. The number of ether oxygens (including phenoxy) is 3. The number of aliphatic hydroxyl groups excluding tert-OH is 1. The molecule has 3 aliphatic heterocycles. The SMILES string of the molecule is C=C(CC[C@H](O[Si](CC)(CC)CC)[C@@]1(C)CC[C@H](C(C)(C)O[Si](CC)(CC)CC)O1)[C@@H](O)CC[C@H]1O[C@@H]([C@]2(C)CCC(=O)O2)CC[C@]1(C)O. The highest BCUT2D eigenvalue weighted by Gasteiger charge is 2.52. The van der Waals surface area contributed by atoms with Crippen LogP contribution in [0.4, 0.5) is 0 Å². The molecule has 10 heteroatoms. The Morgan fingerprint density at radius 1 is 0.939 bits per heavy atom. The first kappa shape index (κ1) is 42.8. The summed E-state index contributed by atoms with van der Waals surface area (Å²) in [7, 11) is -3.80. The third-order valence-corrected chi connectivity index (χ3v) is 22.7. The van der Waals surface area contributed by atoms with Gasteiger partial charge in [0.05, 0.1) is 47.3 Å². The molecule has 0 unspecified atom stereocenters. The maximum atomic E-state index is 11.9. The molecule has 3 rings (SSSR count). The molecule has 3 fully saturated rings. The molecular formula is C39H74O8Si2. The minimum atomic E-state index is -1.97. The van der Waals surface area contributed by atoms with Gasteiger partial charge >= 0.3 is 5.97 Å². The number of esters is 1. The molecule has 0 aromatic carbocycles. The fourth-order valence-electron chi connectivity index (χ4n) is 8.73. The summed E-state index contributed by atoms with van der Waals surface area (Å²) >= 11 is 0. The van der Waals surface area contributed by atoms with Crippen LogP contribution in [0.2, 0.25) is 36.3 Å². The van der Waals surface area contributed by atoms with Gasteiger partial charge in [-0.2, -0.15) is 0 Å². The second-order valence-corrected chi connectivity index (χ2v) is 26.3. The first-order valence-corrected chi connectivity index (χ1v) is 24.9. The molecule has 0 amide bonds. The van der Waals surface area contributed by atoms with E-state index in [4.69, 9.17) is 23.1 Å². The highest BCUT2D eigenvalue weighted by molar-refractivity contribution is 6.74. The second-order valence-electron chi connectivity index (χ2n) is 16.8. The topological polar surface area (TPSA) is 104 Å². The van der Waals surface area contributed by atoms with Gasteiger partial charge in [0, 0.05) is 6.42 Å². The van der Waals surface area contributed by atoms with Gasteiger partial charge < -0.3 is 33.3 Å². The number of rotatable bonds is 20. The molecule has 0 aromatic heterocycles. The Labute approximate surface area is 301 Å². The predicted molar refractivity (Wildman–Crippen MR) is 203 cm³/mol. The summed E-state index contributed by atoms with van der Waals surface area (Å²) in [5.41, 5.74) is -1.72. The standard InChI is InChI=1S/C39H74O8Si2/c1-13-48(14-2,15-3)46-34(39(12)27-24-31(44-39)36(8,9)47-49(16-4,17-5)18-6)21-19-29(7)30(40)20-22-32-37(10,42)26-23-33(43-32)38(11)28-25-35(41)45-38/h30-34,40,42H,7,13-28H2,1-6,8-12H3/t30-,31+,32+,33+,34-,37-,38-,39+/m0/s1. The number of cyclic esters (lactones) is 1.